The lowest BCUT2D eigenvalue weighted by molar-refractivity contribution is 0.0987. The van der Waals surface area contributed by atoms with Gasteiger partial charge in [0, 0.05) is 25.0 Å². The zero-order valence-corrected chi connectivity index (χ0v) is 18.9. The van der Waals surface area contributed by atoms with Crippen molar-refractivity contribution in [2.75, 3.05) is 27.0 Å². The fourth-order valence-electron chi connectivity index (χ4n) is 4.40. The number of aliphatic imine (C=N–C) groups is 1. The van der Waals surface area contributed by atoms with Gasteiger partial charge in [0.15, 0.2) is 22.6 Å². The predicted octanol–water partition coefficient (Wildman–Crippen LogP) is 3.21. The molecule has 7 nitrogen and oxygen atoms in total. The second-order valence-electron chi connectivity index (χ2n) is 8.27. The molecule has 11 heteroatoms. The third kappa shape index (κ3) is 4.43. The van der Waals surface area contributed by atoms with E-state index < -0.39 is 29.6 Å². The molecule has 0 spiro atoms. The third-order valence-corrected chi connectivity index (χ3v) is 7.26. The second-order valence-corrected chi connectivity index (χ2v) is 9.71. The maximum atomic E-state index is 15.0. The minimum Gasteiger partial charge on any atom is -0.474 e. The lowest BCUT2D eigenvalue weighted by atomic mass is 9.84. The number of Topliss-reactive ketones (excluding diaryl/α,β-unsaturated/α-hetero) is 1. The molecule has 1 fully saturated rings. The van der Waals surface area contributed by atoms with Crippen molar-refractivity contribution in [3.05, 3.63) is 53.0 Å². The second kappa shape index (κ2) is 8.94. The first-order valence-electron chi connectivity index (χ1n) is 10.3. The first-order chi connectivity index (χ1) is 15.7. The van der Waals surface area contributed by atoms with Crippen molar-refractivity contribution < 1.29 is 27.4 Å². The van der Waals surface area contributed by atoms with Gasteiger partial charge in [0.1, 0.15) is 19.0 Å². The average Bonchev–Trinajstić information content (AvgIpc) is 3.49. The molecule has 176 valence electrons. The molecule has 2 aromatic rings. The smallest absolute Gasteiger partial charge is 0.232 e. The van der Waals surface area contributed by atoms with E-state index in [1.54, 1.807) is 14.0 Å². The summed E-state index contributed by atoms with van der Waals surface area (Å²) in [5.41, 5.74) is 5.31. The zero-order valence-electron chi connectivity index (χ0n) is 18.1. The van der Waals surface area contributed by atoms with Crippen LogP contribution in [0.25, 0.3) is 0 Å². The monoisotopic (exact) mass is 480 g/mol. The first kappa shape index (κ1) is 23.5. The van der Waals surface area contributed by atoms with E-state index in [2.05, 4.69) is 15.0 Å². The van der Waals surface area contributed by atoms with Crippen LogP contribution in [0.4, 0.5) is 13.2 Å². The number of ether oxygens (including phenoxy) is 2. The Kier molecular flexibility index (Phi) is 6.37. The summed E-state index contributed by atoms with van der Waals surface area (Å²) >= 11 is 1.40. The van der Waals surface area contributed by atoms with Crippen LogP contribution < -0.4 is 10.5 Å². The molecule has 0 unspecified atom stereocenters. The van der Waals surface area contributed by atoms with Crippen LogP contribution in [0.1, 0.15) is 35.0 Å². The lowest BCUT2D eigenvalue weighted by Crippen LogP contribution is -2.38. The average molecular weight is 481 g/mol. The fourth-order valence-corrected chi connectivity index (χ4v) is 5.85. The molecule has 1 saturated carbocycles. The van der Waals surface area contributed by atoms with E-state index in [1.807, 2.05) is 0 Å². The highest BCUT2D eigenvalue weighted by molar-refractivity contribution is 8.15. The Morgan fingerprint density at radius 1 is 1.30 bits per heavy atom. The van der Waals surface area contributed by atoms with Crippen molar-refractivity contribution in [1.82, 2.24) is 9.97 Å². The van der Waals surface area contributed by atoms with Crippen LogP contribution in [-0.4, -0.2) is 52.7 Å². The highest BCUT2D eigenvalue weighted by atomic mass is 32.2. The highest BCUT2D eigenvalue weighted by Crippen LogP contribution is 2.66. The van der Waals surface area contributed by atoms with Crippen LogP contribution in [0.3, 0.4) is 0 Å². The lowest BCUT2D eigenvalue weighted by Gasteiger charge is -2.34. The minimum absolute atomic E-state index is 0.0257. The van der Waals surface area contributed by atoms with Gasteiger partial charge >= 0.3 is 0 Å². The molecule has 0 radical (unpaired) electrons. The summed E-state index contributed by atoms with van der Waals surface area (Å²) in [6.45, 7) is 1.30. The SMILES string of the molecule is COC[C@]12C[C@H]1[C@@](C)(c1cc(CC(=O)c3cnc(OCCF)cn3)cc(F)c1F)N=C(N)S2. The number of hydrogen-bond acceptors (Lipinski definition) is 8. The van der Waals surface area contributed by atoms with Crippen LogP contribution >= 0.6 is 11.8 Å². The van der Waals surface area contributed by atoms with Crippen LogP contribution in [-0.2, 0) is 16.7 Å². The molecule has 1 aliphatic heterocycles. The van der Waals surface area contributed by atoms with Gasteiger partial charge in [-0.15, -0.1) is 0 Å². The maximum Gasteiger partial charge on any atom is 0.232 e. The molecule has 4 rings (SSSR count). The number of carbonyl (C=O) groups is 1. The highest BCUT2D eigenvalue weighted by Gasteiger charge is 2.66. The molecule has 2 N–H and O–H groups in total. The van der Waals surface area contributed by atoms with Crippen molar-refractivity contribution in [2.24, 2.45) is 16.6 Å². The number of nitrogens with two attached hydrogens (primary N) is 1. The number of amidine groups is 1. The van der Waals surface area contributed by atoms with E-state index in [0.717, 1.165) is 6.07 Å². The van der Waals surface area contributed by atoms with E-state index in [9.17, 15) is 18.0 Å². The summed E-state index contributed by atoms with van der Waals surface area (Å²) in [7, 11) is 1.58. The number of alkyl halides is 1. The third-order valence-electron chi connectivity index (χ3n) is 5.98. The molecule has 2 heterocycles. The number of fused-ring (bicyclic) bond motifs is 1. The molecule has 0 amide bonds. The minimum atomic E-state index is -1.09. The number of aromatic nitrogens is 2. The van der Waals surface area contributed by atoms with Crippen LogP contribution in [0.5, 0.6) is 5.88 Å². The number of ketones is 1. The number of halogens is 3. The maximum absolute atomic E-state index is 15.0. The fraction of sp³-hybridized carbons (Fsp3) is 0.455. The number of thioether (sulfide) groups is 1. The number of benzene rings is 1. The summed E-state index contributed by atoms with van der Waals surface area (Å²) in [6, 6.07) is 2.46. The Morgan fingerprint density at radius 3 is 2.76 bits per heavy atom. The van der Waals surface area contributed by atoms with Gasteiger partial charge in [-0.2, -0.15) is 0 Å². The molecule has 3 atom stereocenters. The number of rotatable bonds is 9. The molecule has 2 aliphatic rings. The standard InChI is InChI=1S/C22H23F3N4O3S/c1-21(17-8-22(17,11-31-2)33-20(26)29-21)13-5-12(6-14(24)19(13)25)7-16(30)15-9-28-18(10-27-15)32-4-3-23/h5-6,9-10,17H,3-4,7-8,11H2,1-2H3,(H2,26,29)/t17-,21+,22+/m0/s1. The molecular weight excluding hydrogens is 457 g/mol. The normalized spacial score (nSPS) is 25.8. The van der Waals surface area contributed by atoms with Gasteiger partial charge in [0.25, 0.3) is 0 Å². The molecule has 0 bridgehead atoms. The Labute approximate surface area is 193 Å². The Morgan fingerprint density at radius 2 is 2.09 bits per heavy atom. The van der Waals surface area contributed by atoms with Gasteiger partial charge in [-0.1, -0.05) is 11.8 Å². The molecule has 33 heavy (non-hydrogen) atoms. The van der Waals surface area contributed by atoms with Gasteiger partial charge < -0.3 is 15.2 Å². The van der Waals surface area contributed by atoms with Gasteiger partial charge in [-0.25, -0.2) is 23.1 Å². The molecule has 0 saturated heterocycles. The Bertz CT molecular complexity index is 1100. The van der Waals surface area contributed by atoms with E-state index >= 15 is 0 Å². The van der Waals surface area contributed by atoms with E-state index in [-0.39, 0.29) is 51.6 Å². The van der Waals surface area contributed by atoms with Crippen molar-refractivity contribution in [3.8, 4) is 5.88 Å². The molecule has 1 aromatic heterocycles. The Balaban J connectivity index is 1.60. The van der Waals surface area contributed by atoms with Gasteiger partial charge in [0.05, 0.1) is 29.3 Å². The van der Waals surface area contributed by atoms with E-state index in [1.165, 1.54) is 30.2 Å². The zero-order chi connectivity index (χ0) is 23.8. The van der Waals surface area contributed by atoms with Gasteiger partial charge in [-0.3, -0.25) is 9.79 Å². The van der Waals surface area contributed by atoms with Gasteiger partial charge in [0.2, 0.25) is 5.88 Å². The number of carbonyl (C=O) groups excluding carboxylic acids is 1. The van der Waals surface area contributed by atoms with E-state index in [0.29, 0.717) is 13.0 Å². The van der Waals surface area contributed by atoms with Crippen LogP contribution in [0.15, 0.2) is 29.5 Å². The summed E-state index contributed by atoms with van der Waals surface area (Å²) in [4.78, 5) is 25.1. The van der Waals surface area contributed by atoms with E-state index in [4.69, 9.17) is 15.2 Å². The van der Waals surface area contributed by atoms with Gasteiger partial charge in [-0.05, 0) is 31.0 Å². The molecule has 1 aliphatic carbocycles. The predicted molar refractivity (Wildman–Crippen MR) is 117 cm³/mol. The number of nitrogens with zero attached hydrogens (tertiary/aromatic N) is 3. The molecular formula is C22H23F3N4O3S. The summed E-state index contributed by atoms with van der Waals surface area (Å²) in [5, 5.41) is 0.287. The summed E-state index contributed by atoms with van der Waals surface area (Å²) in [6.07, 6.45) is 2.88. The van der Waals surface area contributed by atoms with Crippen molar-refractivity contribution >= 4 is 22.7 Å². The topological polar surface area (TPSA) is 99.7 Å². The van der Waals surface area contributed by atoms with Crippen LogP contribution in [0, 0.1) is 17.6 Å². The van der Waals surface area contributed by atoms with Crippen molar-refractivity contribution in [2.45, 2.75) is 30.1 Å². The summed E-state index contributed by atoms with van der Waals surface area (Å²) in [5.74, 6) is -2.53. The Hall–Kier alpha value is -2.66. The van der Waals surface area contributed by atoms with Crippen molar-refractivity contribution in [1.29, 1.82) is 0 Å². The number of hydrogen-bond donors (Lipinski definition) is 1. The quantitative estimate of drug-likeness (QED) is 0.550. The largest absolute Gasteiger partial charge is 0.474 e. The van der Waals surface area contributed by atoms with Crippen molar-refractivity contribution in [3.63, 3.8) is 0 Å². The first-order valence-corrected chi connectivity index (χ1v) is 11.1. The molecule has 1 aromatic carbocycles. The number of methoxy groups -OCH3 is 1. The van der Waals surface area contributed by atoms with Crippen LogP contribution in [0.2, 0.25) is 0 Å². The summed E-state index contributed by atoms with van der Waals surface area (Å²) < 4.78 is 51.8.